The van der Waals surface area contributed by atoms with E-state index in [1.165, 1.54) is 12.0 Å². The average molecular weight is 302 g/mol. The van der Waals surface area contributed by atoms with Crippen LogP contribution >= 0.6 is 23.4 Å². The zero-order valence-corrected chi connectivity index (χ0v) is 13.2. The van der Waals surface area contributed by atoms with Crippen molar-refractivity contribution in [2.24, 2.45) is 0 Å². The number of rotatable bonds is 11. The van der Waals surface area contributed by atoms with Gasteiger partial charge in [-0.15, -0.1) is 0 Å². The minimum Gasteiger partial charge on any atom is -0.380 e. The predicted octanol–water partition coefficient (Wildman–Crippen LogP) is 3.98. The first-order chi connectivity index (χ1) is 9.33. The van der Waals surface area contributed by atoms with Crippen LogP contribution in [0.15, 0.2) is 24.3 Å². The molecule has 0 radical (unpaired) electrons. The second-order valence-electron chi connectivity index (χ2n) is 4.39. The van der Waals surface area contributed by atoms with Gasteiger partial charge >= 0.3 is 0 Å². The molecule has 0 fully saturated rings. The van der Waals surface area contributed by atoms with Crippen LogP contribution in [0, 0.1) is 0 Å². The highest BCUT2D eigenvalue weighted by Crippen LogP contribution is 2.14. The third-order valence-electron chi connectivity index (χ3n) is 2.67. The van der Waals surface area contributed by atoms with Crippen molar-refractivity contribution in [3.05, 3.63) is 34.9 Å². The second-order valence-corrected chi connectivity index (χ2v) is 5.94. The molecule has 0 heterocycles. The van der Waals surface area contributed by atoms with Crippen LogP contribution in [0.5, 0.6) is 0 Å². The molecular formula is C15H24ClNOS. The molecule has 0 spiro atoms. The molecule has 1 aromatic carbocycles. The lowest BCUT2D eigenvalue weighted by atomic mass is 10.2. The minimum atomic E-state index is 0.804. The topological polar surface area (TPSA) is 21.3 Å². The number of hydrogen-bond donors (Lipinski definition) is 1. The number of unbranched alkanes of at least 4 members (excludes halogenated alkanes) is 1. The van der Waals surface area contributed by atoms with E-state index in [2.05, 4.69) is 24.4 Å². The summed E-state index contributed by atoms with van der Waals surface area (Å²) in [4.78, 5) is 0. The summed E-state index contributed by atoms with van der Waals surface area (Å²) < 4.78 is 5.48. The van der Waals surface area contributed by atoms with Crippen molar-refractivity contribution in [2.75, 3.05) is 32.1 Å². The molecule has 0 unspecified atom stereocenters. The third kappa shape index (κ3) is 9.33. The molecule has 0 saturated heterocycles. The molecule has 1 rings (SSSR count). The standard InChI is InChI=1S/C15H24ClNOS/c1-2-3-10-18-11-8-17-9-12-19-13-14-4-6-15(16)7-5-14/h4-7,17H,2-3,8-13H2,1H3. The highest BCUT2D eigenvalue weighted by Gasteiger charge is 1.94. The lowest BCUT2D eigenvalue weighted by Crippen LogP contribution is -2.22. The van der Waals surface area contributed by atoms with Crippen LogP contribution in [0.2, 0.25) is 5.02 Å². The van der Waals surface area contributed by atoms with Gasteiger partial charge in [-0.1, -0.05) is 37.1 Å². The third-order valence-corrected chi connectivity index (χ3v) is 3.95. The number of benzene rings is 1. The smallest absolute Gasteiger partial charge is 0.0590 e. The van der Waals surface area contributed by atoms with Crippen molar-refractivity contribution in [1.29, 1.82) is 0 Å². The van der Waals surface area contributed by atoms with Gasteiger partial charge in [0.1, 0.15) is 0 Å². The van der Waals surface area contributed by atoms with Crippen molar-refractivity contribution >= 4 is 23.4 Å². The Kier molecular flexibility index (Phi) is 10.3. The van der Waals surface area contributed by atoms with E-state index in [0.717, 1.165) is 49.3 Å². The molecule has 19 heavy (non-hydrogen) atoms. The van der Waals surface area contributed by atoms with E-state index in [-0.39, 0.29) is 0 Å². The molecule has 2 nitrogen and oxygen atoms in total. The molecule has 1 aromatic rings. The first-order valence-electron chi connectivity index (χ1n) is 6.93. The van der Waals surface area contributed by atoms with Crippen molar-refractivity contribution in [2.45, 2.75) is 25.5 Å². The van der Waals surface area contributed by atoms with E-state index >= 15 is 0 Å². The normalized spacial score (nSPS) is 10.8. The Morgan fingerprint density at radius 1 is 1.16 bits per heavy atom. The van der Waals surface area contributed by atoms with Crippen molar-refractivity contribution in [1.82, 2.24) is 5.32 Å². The van der Waals surface area contributed by atoms with Crippen LogP contribution in [0.3, 0.4) is 0 Å². The number of hydrogen-bond acceptors (Lipinski definition) is 3. The summed E-state index contributed by atoms with van der Waals surface area (Å²) in [5.41, 5.74) is 1.33. The van der Waals surface area contributed by atoms with Crippen LogP contribution in [0.4, 0.5) is 0 Å². The fourth-order valence-electron chi connectivity index (χ4n) is 1.53. The molecule has 0 bridgehead atoms. The predicted molar refractivity (Wildman–Crippen MR) is 86.2 cm³/mol. The van der Waals surface area contributed by atoms with Crippen molar-refractivity contribution in [3.63, 3.8) is 0 Å². The molecule has 0 atom stereocenters. The van der Waals surface area contributed by atoms with Crippen LogP contribution in [0.1, 0.15) is 25.3 Å². The van der Waals surface area contributed by atoms with Gasteiger partial charge in [-0.3, -0.25) is 0 Å². The Labute approximate surface area is 126 Å². The zero-order chi connectivity index (χ0) is 13.8. The maximum atomic E-state index is 5.85. The van der Waals surface area contributed by atoms with E-state index in [4.69, 9.17) is 16.3 Å². The first-order valence-corrected chi connectivity index (χ1v) is 8.47. The molecule has 1 N–H and O–H groups in total. The van der Waals surface area contributed by atoms with Gasteiger partial charge in [0.2, 0.25) is 0 Å². The maximum Gasteiger partial charge on any atom is 0.0590 e. The minimum absolute atomic E-state index is 0.804. The summed E-state index contributed by atoms with van der Waals surface area (Å²) in [5, 5.41) is 4.19. The Morgan fingerprint density at radius 3 is 2.68 bits per heavy atom. The van der Waals surface area contributed by atoms with E-state index in [1.54, 1.807) is 0 Å². The molecule has 0 amide bonds. The highest BCUT2D eigenvalue weighted by atomic mass is 35.5. The van der Waals surface area contributed by atoms with Crippen LogP contribution < -0.4 is 5.32 Å². The van der Waals surface area contributed by atoms with Crippen LogP contribution in [-0.2, 0) is 10.5 Å². The summed E-state index contributed by atoms with van der Waals surface area (Å²) in [6.45, 7) is 5.88. The summed E-state index contributed by atoms with van der Waals surface area (Å²) in [7, 11) is 0. The fraction of sp³-hybridized carbons (Fsp3) is 0.600. The lowest BCUT2D eigenvalue weighted by Gasteiger charge is -2.06. The SMILES string of the molecule is CCCCOCCNCCSCc1ccc(Cl)cc1. The molecule has 4 heteroatoms. The quantitative estimate of drug-likeness (QED) is 0.625. The molecule has 0 aromatic heterocycles. The number of thioether (sulfide) groups is 1. The van der Waals surface area contributed by atoms with E-state index in [1.807, 2.05) is 23.9 Å². The molecule has 0 aliphatic heterocycles. The summed E-state index contributed by atoms with van der Waals surface area (Å²) in [5.74, 6) is 2.17. The number of ether oxygens (including phenoxy) is 1. The van der Waals surface area contributed by atoms with Gasteiger partial charge in [0.15, 0.2) is 0 Å². The second kappa shape index (κ2) is 11.6. The van der Waals surface area contributed by atoms with E-state index in [9.17, 15) is 0 Å². The summed E-state index contributed by atoms with van der Waals surface area (Å²) >= 11 is 7.78. The van der Waals surface area contributed by atoms with Crippen molar-refractivity contribution in [3.8, 4) is 0 Å². The van der Waals surface area contributed by atoms with Gasteiger partial charge < -0.3 is 10.1 Å². The average Bonchev–Trinajstić information content (AvgIpc) is 2.43. The molecular weight excluding hydrogens is 278 g/mol. The fourth-order valence-corrected chi connectivity index (χ4v) is 2.52. The summed E-state index contributed by atoms with van der Waals surface area (Å²) in [6.07, 6.45) is 2.37. The monoisotopic (exact) mass is 301 g/mol. The van der Waals surface area contributed by atoms with E-state index in [0.29, 0.717) is 0 Å². The van der Waals surface area contributed by atoms with Crippen molar-refractivity contribution < 1.29 is 4.74 Å². The Hall–Kier alpha value is -0.220. The van der Waals surface area contributed by atoms with Gasteiger partial charge in [0.25, 0.3) is 0 Å². The largest absolute Gasteiger partial charge is 0.380 e. The van der Waals surface area contributed by atoms with Gasteiger partial charge in [-0.2, -0.15) is 11.8 Å². The summed E-state index contributed by atoms with van der Waals surface area (Å²) in [6, 6.07) is 8.07. The zero-order valence-electron chi connectivity index (χ0n) is 11.7. The van der Waals surface area contributed by atoms with Crippen LogP contribution in [0.25, 0.3) is 0 Å². The first kappa shape index (κ1) is 16.8. The Bertz CT molecular complexity index is 318. The maximum absolute atomic E-state index is 5.85. The van der Waals surface area contributed by atoms with E-state index < -0.39 is 0 Å². The Balaban J connectivity index is 1.87. The highest BCUT2D eigenvalue weighted by molar-refractivity contribution is 7.98. The lowest BCUT2D eigenvalue weighted by molar-refractivity contribution is 0.133. The van der Waals surface area contributed by atoms with Gasteiger partial charge in [0.05, 0.1) is 6.61 Å². The molecule has 108 valence electrons. The molecule has 0 aliphatic carbocycles. The molecule has 0 saturated carbocycles. The van der Waals surface area contributed by atoms with Gasteiger partial charge in [-0.05, 0) is 24.1 Å². The number of nitrogens with one attached hydrogen (secondary N) is 1. The number of halogens is 1. The van der Waals surface area contributed by atoms with Gasteiger partial charge in [-0.25, -0.2) is 0 Å². The molecule has 0 aliphatic rings. The van der Waals surface area contributed by atoms with Gasteiger partial charge in [0, 0.05) is 36.2 Å². The van der Waals surface area contributed by atoms with Crippen LogP contribution in [-0.4, -0.2) is 32.1 Å². The Morgan fingerprint density at radius 2 is 1.95 bits per heavy atom.